The van der Waals surface area contributed by atoms with Crippen molar-refractivity contribution >= 4 is 5.91 Å². The summed E-state index contributed by atoms with van der Waals surface area (Å²) >= 11 is 0. The SMILES string of the molecule is CC(Oc1cccc(CCN)c1)C(N)=O. The largest absolute Gasteiger partial charge is 0.481 e. The molecule has 82 valence electrons. The molecule has 0 aliphatic heterocycles. The Morgan fingerprint density at radius 3 is 2.87 bits per heavy atom. The topological polar surface area (TPSA) is 78.3 Å². The summed E-state index contributed by atoms with van der Waals surface area (Å²) in [5.74, 6) is 0.173. The Kier molecular flexibility index (Phi) is 4.12. The van der Waals surface area contributed by atoms with E-state index in [0.717, 1.165) is 12.0 Å². The van der Waals surface area contributed by atoms with Crippen LogP contribution in [-0.2, 0) is 11.2 Å². The van der Waals surface area contributed by atoms with E-state index in [9.17, 15) is 4.79 Å². The van der Waals surface area contributed by atoms with Crippen LogP contribution in [0.2, 0.25) is 0 Å². The summed E-state index contributed by atoms with van der Waals surface area (Å²) in [7, 11) is 0. The van der Waals surface area contributed by atoms with Gasteiger partial charge in [-0.05, 0) is 37.6 Å². The van der Waals surface area contributed by atoms with Gasteiger partial charge in [0.1, 0.15) is 5.75 Å². The Bertz CT molecular complexity index is 339. The molecule has 0 radical (unpaired) electrons. The molecule has 0 saturated heterocycles. The fourth-order valence-corrected chi connectivity index (χ4v) is 1.20. The third kappa shape index (κ3) is 3.59. The monoisotopic (exact) mass is 208 g/mol. The van der Waals surface area contributed by atoms with E-state index in [0.29, 0.717) is 12.3 Å². The van der Waals surface area contributed by atoms with Crippen LogP contribution >= 0.6 is 0 Å². The normalized spacial score (nSPS) is 12.1. The summed E-state index contributed by atoms with van der Waals surface area (Å²) in [5, 5.41) is 0. The van der Waals surface area contributed by atoms with Gasteiger partial charge in [0.2, 0.25) is 0 Å². The number of ether oxygens (including phenoxy) is 1. The maximum absolute atomic E-state index is 10.8. The molecule has 1 amide bonds. The summed E-state index contributed by atoms with van der Waals surface area (Å²) in [5.41, 5.74) is 11.6. The summed E-state index contributed by atoms with van der Waals surface area (Å²) in [6, 6.07) is 7.49. The van der Waals surface area contributed by atoms with Crippen LogP contribution in [0.3, 0.4) is 0 Å². The predicted octanol–water partition coefficient (Wildman–Crippen LogP) is 0.440. The molecule has 1 unspecified atom stereocenters. The van der Waals surface area contributed by atoms with Crippen molar-refractivity contribution in [3.63, 3.8) is 0 Å². The van der Waals surface area contributed by atoms with Gasteiger partial charge in [-0.3, -0.25) is 4.79 Å². The quantitative estimate of drug-likeness (QED) is 0.737. The van der Waals surface area contributed by atoms with Gasteiger partial charge >= 0.3 is 0 Å². The summed E-state index contributed by atoms with van der Waals surface area (Å²) < 4.78 is 5.35. The van der Waals surface area contributed by atoms with Crippen molar-refractivity contribution in [1.29, 1.82) is 0 Å². The Labute approximate surface area is 89.2 Å². The van der Waals surface area contributed by atoms with Crippen molar-refractivity contribution in [3.8, 4) is 5.75 Å². The average molecular weight is 208 g/mol. The number of hydrogen-bond donors (Lipinski definition) is 2. The fourth-order valence-electron chi connectivity index (χ4n) is 1.20. The average Bonchev–Trinajstić information content (AvgIpc) is 2.18. The zero-order valence-corrected chi connectivity index (χ0v) is 8.77. The maximum Gasteiger partial charge on any atom is 0.258 e. The number of nitrogens with two attached hydrogens (primary N) is 2. The molecule has 0 aromatic heterocycles. The lowest BCUT2D eigenvalue weighted by Crippen LogP contribution is -2.30. The smallest absolute Gasteiger partial charge is 0.258 e. The van der Waals surface area contributed by atoms with E-state index < -0.39 is 12.0 Å². The van der Waals surface area contributed by atoms with Crippen molar-refractivity contribution in [2.45, 2.75) is 19.4 Å². The van der Waals surface area contributed by atoms with Crippen LogP contribution in [0.15, 0.2) is 24.3 Å². The van der Waals surface area contributed by atoms with Crippen LogP contribution in [0.5, 0.6) is 5.75 Å². The minimum absolute atomic E-state index is 0.473. The molecule has 4 nitrogen and oxygen atoms in total. The van der Waals surface area contributed by atoms with Crippen LogP contribution in [0.1, 0.15) is 12.5 Å². The highest BCUT2D eigenvalue weighted by atomic mass is 16.5. The van der Waals surface area contributed by atoms with E-state index in [1.54, 1.807) is 13.0 Å². The first-order valence-corrected chi connectivity index (χ1v) is 4.88. The van der Waals surface area contributed by atoms with Gasteiger partial charge in [-0.1, -0.05) is 12.1 Å². The molecule has 0 saturated carbocycles. The lowest BCUT2D eigenvalue weighted by atomic mass is 10.1. The second-order valence-electron chi connectivity index (χ2n) is 3.35. The first-order valence-electron chi connectivity index (χ1n) is 4.88. The second-order valence-corrected chi connectivity index (χ2v) is 3.35. The zero-order chi connectivity index (χ0) is 11.3. The molecule has 4 N–H and O–H groups in total. The number of hydrogen-bond acceptors (Lipinski definition) is 3. The molecule has 1 aromatic carbocycles. The van der Waals surface area contributed by atoms with Crippen LogP contribution in [0.4, 0.5) is 0 Å². The first-order chi connectivity index (χ1) is 7.13. The van der Waals surface area contributed by atoms with Crippen LogP contribution in [-0.4, -0.2) is 18.6 Å². The van der Waals surface area contributed by atoms with Gasteiger partial charge in [0, 0.05) is 0 Å². The molecule has 0 heterocycles. The van der Waals surface area contributed by atoms with Crippen LogP contribution in [0, 0.1) is 0 Å². The van der Waals surface area contributed by atoms with Crippen molar-refractivity contribution in [2.24, 2.45) is 11.5 Å². The highest BCUT2D eigenvalue weighted by molar-refractivity contribution is 5.78. The standard InChI is InChI=1S/C11H16N2O2/c1-8(11(13)14)15-10-4-2-3-9(7-10)5-6-12/h2-4,7-8H,5-6,12H2,1H3,(H2,13,14). The van der Waals surface area contributed by atoms with Crippen LogP contribution in [0.25, 0.3) is 0 Å². The third-order valence-electron chi connectivity index (χ3n) is 2.04. The van der Waals surface area contributed by atoms with Gasteiger partial charge < -0.3 is 16.2 Å². The van der Waals surface area contributed by atoms with E-state index in [-0.39, 0.29) is 0 Å². The number of benzene rings is 1. The molecule has 0 aliphatic carbocycles. The summed E-state index contributed by atoms with van der Waals surface area (Å²) in [4.78, 5) is 10.8. The number of rotatable bonds is 5. The molecule has 0 spiro atoms. The molecule has 1 aromatic rings. The van der Waals surface area contributed by atoms with E-state index in [2.05, 4.69) is 0 Å². The maximum atomic E-state index is 10.8. The Hall–Kier alpha value is -1.55. The van der Waals surface area contributed by atoms with Gasteiger partial charge in [0.15, 0.2) is 6.10 Å². The Morgan fingerprint density at radius 2 is 2.27 bits per heavy atom. The molecular weight excluding hydrogens is 192 g/mol. The number of amides is 1. The van der Waals surface area contributed by atoms with Gasteiger partial charge in [-0.15, -0.1) is 0 Å². The molecule has 0 fully saturated rings. The lowest BCUT2D eigenvalue weighted by Gasteiger charge is -2.11. The van der Waals surface area contributed by atoms with Crippen molar-refractivity contribution in [2.75, 3.05) is 6.54 Å². The molecule has 4 heteroatoms. The third-order valence-corrected chi connectivity index (χ3v) is 2.04. The molecule has 0 bridgehead atoms. The number of carbonyl (C=O) groups is 1. The minimum atomic E-state index is -0.613. The molecule has 0 aliphatic rings. The van der Waals surface area contributed by atoms with Crippen molar-refractivity contribution in [1.82, 2.24) is 0 Å². The number of carbonyl (C=O) groups excluding carboxylic acids is 1. The summed E-state index contributed by atoms with van der Waals surface area (Å²) in [6.45, 7) is 2.22. The number of primary amides is 1. The van der Waals surface area contributed by atoms with Crippen LogP contribution < -0.4 is 16.2 Å². The van der Waals surface area contributed by atoms with E-state index in [1.807, 2.05) is 18.2 Å². The van der Waals surface area contributed by atoms with Gasteiger partial charge in [0.25, 0.3) is 5.91 Å². The highest BCUT2D eigenvalue weighted by Crippen LogP contribution is 2.14. The van der Waals surface area contributed by atoms with Gasteiger partial charge in [-0.25, -0.2) is 0 Å². The predicted molar refractivity (Wildman–Crippen MR) is 58.5 cm³/mol. The van der Waals surface area contributed by atoms with Crippen molar-refractivity contribution < 1.29 is 9.53 Å². The van der Waals surface area contributed by atoms with E-state index >= 15 is 0 Å². The Balaban J connectivity index is 2.68. The van der Waals surface area contributed by atoms with E-state index in [4.69, 9.17) is 16.2 Å². The highest BCUT2D eigenvalue weighted by Gasteiger charge is 2.09. The minimum Gasteiger partial charge on any atom is -0.481 e. The molecule has 1 rings (SSSR count). The van der Waals surface area contributed by atoms with E-state index in [1.165, 1.54) is 0 Å². The van der Waals surface area contributed by atoms with Gasteiger partial charge in [-0.2, -0.15) is 0 Å². The lowest BCUT2D eigenvalue weighted by molar-refractivity contribution is -0.123. The van der Waals surface area contributed by atoms with Gasteiger partial charge in [0.05, 0.1) is 0 Å². The van der Waals surface area contributed by atoms with Crippen molar-refractivity contribution in [3.05, 3.63) is 29.8 Å². The fraction of sp³-hybridized carbons (Fsp3) is 0.364. The zero-order valence-electron chi connectivity index (χ0n) is 8.77. The Morgan fingerprint density at radius 1 is 1.53 bits per heavy atom. The summed E-state index contributed by atoms with van der Waals surface area (Å²) in [6.07, 6.45) is 0.181. The second kappa shape index (κ2) is 5.36. The molecule has 15 heavy (non-hydrogen) atoms. The first kappa shape index (κ1) is 11.5. The molecule has 1 atom stereocenters. The molecular formula is C11H16N2O2.